The molecule has 8 heteroatoms. The quantitative estimate of drug-likeness (QED) is 0.148. The average molecular weight is 496 g/mol. The first kappa shape index (κ1) is 28.8. The van der Waals surface area contributed by atoms with Gasteiger partial charge in [-0.15, -0.1) is 0 Å². The van der Waals surface area contributed by atoms with Gasteiger partial charge < -0.3 is 15.6 Å². The van der Waals surface area contributed by atoms with E-state index in [1.54, 1.807) is 0 Å². The summed E-state index contributed by atoms with van der Waals surface area (Å²) in [4.78, 5) is 12.2. The third-order valence-electron chi connectivity index (χ3n) is 6.48. The van der Waals surface area contributed by atoms with Crippen molar-refractivity contribution in [3.63, 3.8) is 0 Å². The fourth-order valence-electron chi connectivity index (χ4n) is 4.32. The van der Waals surface area contributed by atoms with Gasteiger partial charge in [-0.25, -0.2) is 4.98 Å². The van der Waals surface area contributed by atoms with E-state index in [1.165, 1.54) is 101 Å². The summed E-state index contributed by atoms with van der Waals surface area (Å²) in [7, 11) is 0. The number of hydrogen-bond acceptors (Lipinski definition) is 6. The number of hydrogen-bond donors (Lipinski definition) is 2. The molecule has 0 radical (unpaired) electrons. The van der Waals surface area contributed by atoms with Gasteiger partial charge in [0.15, 0.2) is 17.0 Å². The Bertz CT molecular complexity index is 801. The maximum Gasteiger partial charge on any atom is 0.223 e. The maximum atomic E-state index is 10.6. The fourth-order valence-corrected chi connectivity index (χ4v) is 4.54. The highest BCUT2D eigenvalue weighted by Gasteiger charge is 2.21. The zero-order chi connectivity index (χ0) is 24.6. The number of nitrogens with zero attached hydrogens (tertiary/aromatic N) is 4. The number of unbranched alkanes of at least 4 members (excludes halogenated alkanes) is 15. The molecule has 2 heterocycles. The Morgan fingerprint density at radius 1 is 0.882 bits per heavy atom. The van der Waals surface area contributed by atoms with E-state index in [4.69, 9.17) is 22.1 Å². The first-order chi connectivity index (χ1) is 16.5. The molecule has 0 saturated heterocycles. The van der Waals surface area contributed by atoms with Crippen LogP contribution in [0.2, 0.25) is 5.15 Å². The minimum Gasteiger partial charge on any atom is -0.374 e. The van der Waals surface area contributed by atoms with Crippen molar-refractivity contribution in [1.82, 2.24) is 19.5 Å². The summed E-state index contributed by atoms with van der Waals surface area (Å²) in [6.45, 7) is 4.75. The Balaban J connectivity index is 1.45. The van der Waals surface area contributed by atoms with E-state index in [1.807, 2.05) is 6.92 Å². The lowest BCUT2D eigenvalue weighted by molar-refractivity contribution is -0.0618. The van der Waals surface area contributed by atoms with E-state index < -0.39 is 12.3 Å². The van der Waals surface area contributed by atoms with Crippen molar-refractivity contribution in [2.24, 2.45) is 0 Å². The van der Waals surface area contributed by atoms with E-state index in [0.717, 1.165) is 12.8 Å². The van der Waals surface area contributed by atoms with Crippen LogP contribution < -0.4 is 5.73 Å². The van der Waals surface area contributed by atoms with Crippen molar-refractivity contribution in [3.8, 4) is 0 Å². The van der Waals surface area contributed by atoms with E-state index in [2.05, 4.69) is 21.9 Å². The minimum atomic E-state index is -0.920. The van der Waals surface area contributed by atoms with Crippen LogP contribution in [0.25, 0.3) is 11.2 Å². The van der Waals surface area contributed by atoms with Crippen molar-refractivity contribution >= 4 is 28.7 Å². The number of aliphatic hydroxyl groups is 1. The number of nitrogen functional groups attached to an aromatic ring is 1. The van der Waals surface area contributed by atoms with Crippen LogP contribution in [0.1, 0.15) is 123 Å². The normalized spacial score (nSPS) is 13.5. The lowest BCUT2D eigenvalue weighted by atomic mass is 10.0. The molecule has 0 fully saturated rings. The number of rotatable bonds is 20. The van der Waals surface area contributed by atoms with Crippen molar-refractivity contribution in [2.45, 2.75) is 129 Å². The first-order valence-electron chi connectivity index (χ1n) is 13.5. The number of fused-ring (bicyclic) bond motifs is 1. The van der Waals surface area contributed by atoms with Gasteiger partial charge in [0.25, 0.3) is 0 Å². The third kappa shape index (κ3) is 10.4. The summed E-state index contributed by atoms with van der Waals surface area (Å²) in [6.07, 6.45) is 21.7. The Hall–Kier alpha value is -1.44. The summed E-state index contributed by atoms with van der Waals surface area (Å²) >= 11 is 6.06. The Morgan fingerprint density at radius 3 is 1.91 bits per heavy atom. The summed E-state index contributed by atoms with van der Waals surface area (Å²) in [5.74, 6) is 0.0492. The zero-order valence-corrected chi connectivity index (χ0v) is 22.1. The van der Waals surface area contributed by atoms with Crippen molar-refractivity contribution in [2.75, 3.05) is 12.3 Å². The molecular formula is C26H46ClN5O2. The molecule has 34 heavy (non-hydrogen) atoms. The highest BCUT2D eigenvalue weighted by molar-refractivity contribution is 6.33. The molecule has 0 aliphatic carbocycles. The highest BCUT2D eigenvalue weighted by atomic mass is 35.5. The standard InChI is InChI=1S/C26H46ClN5O2/c1-3-4-5-6-7-8-9-10-11-12-13-14-15-16-17-18-19-34-21(2)25(33)32-20-29-22-23(27)30-26(28)31-24(22)32/h20-21,25,33H,3-19H2,1-2H3,(H2,28,30,31). The molecule has 0 spiro atoms. The molecule has 0 bridgehead atoms. The number of nitrogens with two attached hydrogens (primary N) is 1. The molecule has 2 aromatic heterocycles. The monoisotopic (exact) mass is 495 g/mol. The molecule has 0 saturated carbocycles. The Kier molecular flexibility index (Phi) is 14.5. The molecule has 0 aliphatic heterocycles. The Labute approximate surface area is 210 Å². The number of aliphatic hydroxyl groups excluding tert-OH is 1. The van der Waals surface area contributed by atoms with Gasteiger partial charge in [-0.2, -0.15) is 9.97 Å². The lowest BCUT2D eigenvalue weighted by Crippen LogP contribution is -2.24. The molecule has 0 aromatic carbocycles. The van der Waals surface area contributed by atoms with Gasteiger partial charge in [0.2, 0.25) is 5.95 Å². The van der Waals surface area contributed by atoms with Crippen molar-refractivity contribution in [3.05, 3.63) is 11.5 Å². The summed E-state index contributed by atoms with van der Waals surface area (Å²) in [5.41, 5.74) is 6.50. The third-order valence-corrected chi connectivity index (χ3v) is 6.74. The van der Waals surface area contributed by atoms with Gasteiger partial charge in [0, 0.05) is 6.61 Å². The van der Waals surface area contributed by atoms with Gasteiger partial charge in [0.05, 0.1) is 12.4 Å². The maximum absolute atomic E-state index is 10.6. The molecule has 0 amide bonds. The smallest absolute Gasteiger partial charge is 0.223 e. The average Bonchev–Trinajstić information content (AvgIpc) is 3.24. The van der Waals surface area contributed by atoms with E-state index in [9.17, 15) is 5.11 Å². The largest absolute Gasteiger partial charge is 0.374 e. The summed E-state index contributed by atoms with van der Waals surface area (Å²) in [5, 5.41) is 10.8. The number of aromatic nitrogens is 4. The molecule has 2 atom stereocenters. The highest BCUT2D eigenvalue weighted by Crippen LogP contribution is 2.23. The van der Waals surface area contributed by atoms with Crippen LogP contribution in [0.15, 0.2) is 6.33 Å². The molecule has 0 aliphatic rings. The number of halogens is 1. The topological polar surface area (TPSA) is 99.1 Å². The van der Waals surface area contributed by atoms with Gasteiger partial charge in [-0.3, -0.25) is 4.57 Å². The molecule has 3 N–H and O–H groups in total. The SMILES string of the molecule is CCCCCCCCCCCCCCCCCCOC(C)C(O)n1cnc2c(Cl)nc(N)nc21. The van der Waals surface area contributed by atoms with Crippen LogP contribution >= 0.6 is 11.6 Å². The summed E-state index contributed by atoms with van der Waals surface area (Å²) < 4.78 is 7.38. The fraction of sp³-hybridized carbons (Fsp3) is 0.808. The second-order valence-electron chi connectivity index (χ2n) is 9.49. The first-order valence-corrected chi connectivity index (χ1v) is 13.9. The van der Waals surface area contributed by atoms with Crippen LogP contribution in [0.4, 0.5) is 5.95 Å². The number of imidazole rings is 1. The number of ether oxygens (including phenoxy) is 1. The second-order valence-corrected chi connectivity index (χ2v) is 9.85. The van der Waals surface area contributed by atoms with Gasteiger partial charge in [0.1, 0.15) is 5.52 Å². The zero-order valence-electron chi connectivity index (χ0n) is 21.4. The molecular weight excluding hydrogens is 450 g/mol. The van der Waals surface area contributed by atoms with Crippen LogP contribution in [-0.2, 0) is 4.74 Å². The van der Waals surface area contributed by atoms with Gasteiger partial charge in [-0.1, -0.05) is 115 Å². The lowest BCUT2D eigenvalue weighted by Gasteiger charge is -2.21. The van der Waals surface area contributed by atoms with Gasteiger partial charge in [-0.05, 0) is 13.3 Å². The molecule has 2 aromatic rings. The predicted octanol–water partition coefficient (Wildman–Crippen LogP) is 7.22. The van der Waals surface area contributed by atoms with Crippen LogP contribution in [0.5, 0.6) is 0 Å². The summed E-state index contributed by atoms with van der Waals surface area (Å²) in [6, 6.07) is 0. The molecule has 194 valence electrons. The predicted molar refractivity (Wildman–Crippen MR) is 141 cm³/mol. The van der Waals surface area contributed by atoms with Crippen molar-refractivity contribution in [1.29, 1.82) is 0 Å². The minimum absolute atomic E-state index is 0.0492. The van der Waals surface area contributed by atoms with E-state index in [0.29, 0.717) is 17.8 Å². The van der Waals surface area contributed by atoms with E-state index in [-0.39, 0.29) is 11.1 Å². The van der Waals surface area contributed by atoms with Crippen LogP contribution in [0, 0.1) is 0 Å². The molecule has 7 nitrogen and oxygen atoms in total. The van der Waals surface area contributed by atoms with Crippen LogP contribution in [-0.4, -0.2) is 37.3 Å². The molecule has 2 unspecified atom stereocenters. The van der Waals surface area contributed by atoms with E-state index >= 15 is 0 Å². The van der Waals surface area contributed by atoms with Gasteiger partial charge >= 0.3 is 0 Å². The van der Waals surface area contributed by atoms with Crippen molar-refractivity contribution < 1.29 is 9.84 Å². The number of anilines is 1. The molecule has 2 rings (SSSR count). The Morgan fingerprint density at radius 2 is 1.38 bits per heavy atom. The second kappa shape index (κ2) is 17.1. The van der Waals surface area contributed by atoms with Crippen LogP contribution in [0.3, 0.4) is 0 Å².